The fourth-order valence-electron chi connectivity index (χ4n) is 4.43. The van der Waals surface area contributed by atoms with E-state index in [1.165, 1.54) is 16.0 Å². The third-order valence-corrected chi connectivity index (χ3v) is 6.26. The van der Waals surface area contributed by atoms with E-state index in [2.05, 4.69) is 41.0 Å². The van der Waals surface area contributed by atoms with Crippen LogP contribution in [0.3, 0.4) is 0 Å². The molecule has 0 atom stereocenters. The fourth-order valence-corrected chi connectivity index (χ4v) is 4.43. The van der Waals surface area contributed by atoms with Crippen molar-refractivity contribution in [1.82, 2.24) is 9.80 Å². The average molecular weight is 422 g/mol. The summed E-state index contributed by atoms with van der Waals surface area (Å²) < 4.78 is 5.07. The molecule has 0 aromatic heterocycles. The Balaban J connectivity index is 1.42. The minimum absolute atomic E-state index is 0.176. The molecule has 2 aliphatic heterocycles. The van der Waals surface area contributed by atoms with Crippen LogP contribution >= 0.6 is 0 Å². The van der Waals surface area contributed by atoms with E-state index < -0.39 is 0 Å². The van der Waals surface area contributed by atoms with Gasteiger partial charge in [0.05, 0.1) is 16.8 Å². The van der Waals surface area contributed by atoms with Crippen LogP contribution in [0.1, 0.15) is 45.2 Å². The van der Waals surface area contributed by atoms with E-state index in [-0.39, 0.29) is 11.8 Å². The first-order valence-electron chi connectivity index (χ1n) is 11.2. The van der Waals surface area contributed by atoms with Gasteiger partial charge < -0.3 is 9.64 Å². The molecule has 2 heterocycles. The van der Waals surface area contributed by atoms with Crippen LogP contribution in [0.5, 0.6) is 0 Å². The lowest BCUT2D eigenvalue weighted by Crippen LogP contribution is -2.46. The minimum atomic E-state index is -0.188. The molecule has 2 aromatic rings. The van der Waals surface area contributed by atoms with Gasteiger partial charge >= 0.3 is 0 Å². The molecule has 6 heteroatoms. The summed E-state index contributed by atoms with van der Waals surface area (Å²) in [5.41, 5.74) is 4.67. The number of hydrogen-bond acceptors (Lipinski definition) is 5. The van der Waals surface area contributed by atoms with Gasteiger partial charge in [-0.2, -0.15) is 0 Å². The summed E-state index contributed by atoms with van der Waals surface area (Å²) in [6.07, 6.45) is 1.71. The number of carbonyl (C=O) groups excluding carboxylic acids is 2. The Morgan fingerprint density at radius 2 is 1.61 bits per heavy atom. The van der Waals surface area contributed by atoms with Gasteiger partial charge in [0.25, 0.3) is 11.8 Å². The second-order valence-corrected chi connectivity index (χ2v) is 8.24. The van der Waals surface area contributed by atoms with E-state index in [1.807, 2.05) is 12.1 Å². The summed E-state index contributed by atoms with van der Waals surface area (Å²) in [5, 5.41) is 0. The maximum absolute atomic E-state index is 13.0. The summed E-state index contributed by atoms with van der Waals surface area (Å²) >= 11 is 0. The summed E-state index contributed by atoms with van der Waals surface area (Å²) in [4.78, 5) is 31.9. The molecular weight excluding hydrogens is 390 g/mol. The smallest absolute Gasteiger partial charge is 0.263 e. The Morgan fingerprint density at radius 1 is 0.903 bits per heavy atom. The van der Waals surface area contributed by atoms with Crippen LogP contribution in [0, 0.1) is 0 Å². The van der Waals surface area contributed by atoms with Crippen LogP contribution in [0.4, 0.5) is 5.69 Å². The Kier molecular flexibility index (Phi) is 6.68. The molecule has 0 unspecified atom stereocenters. The van der Waals surface area contributed by atoms with E-state index in [4.69, 9.17) is 4.74 Å². The van der Waals surface area contributed by atoms with E-state index in [1.54, 1.807) is 13.2 Å². The number of carbonyl (C=O) groups is 2. The number of amides is 2. The predicted molar refractivity (Wildman–Crippen MR) is 122 cm³/mol. The molecule has 31 heavy (non-hydrogen) atoms. The van der Waals surface area contributed by atoms with Crippen molar-refractivity contribution in [1.29, 1.82) is 0 Å². The van der Waals surface area contributed by atoms with E-state index in [9.17, 15) is 9.59 Å². The fraction of sp³-hybridized carbons (Fsp3) is 0.440. The second-order valence-electron chi connectivity index (χ2n) is 8.24. The quantitative estimate of drug-likeness (QED) is 0.484. The molecule has 0 saturated carbocycles. The van der Waals surface area contributed by atoms with Gasteiger partial charge in [0.15, 0.2) is 0 Å². The zero-order valence-corrected chi connectivity index (χ0v) is 18.5. The number of fused-ring (bicyclic) bond motifs is 1. The Bertz CT molecular complexity index is 934. The van der Waals surface area contributed by atoms with Crippen molar-refractivity contribution >= 4 is 17.5 Å². The van der Waals surface area contributed by atoms with Crippen molar-refractivity contribution in [3.05, 3.63) is 64.7 Å². The van der Waals surface area contributed by atoms with Crippen molar-refractivity contribution in [2.75, 3.05) is 51.3 Å². The standard InChI is InChI=1S/C25H31N3O3/c1-3-19-8-10-20(11-9-19)18-26-13-15-27(16-14-26)22-7-4-6-21-23(22)25(30)28(24(21)29)12-5-17-31-2/h4,6-11H,3,5,12-18H2,1-2H3. The van der Waals surface area contributed by atoms with Gasteiger partial charge in [-0.05, 0) is 36.1 Å². The summed E-state index contributed by atoms with van der Waals surface area (Å²) in [6, 6.07) is 14.5. The lowest BCUT2D eigenvalue weighted by Gasteiger charge is -2.36. The lowest BCUT2D eigenvalue weighted by molar-refractivity contribution is 0.0639. The Hall–Kier alpha value is -2.70. The van der Waals surface area contributed by atoms with Gasteiger partial charge in [-0.25, -0.2) is 0 Å². The van der Waals surface area contributed by atoms with Crippen LogP contribution in [-0.4, -0.2) is 68.1 Å². The summed E-state index contributed by atoms with van der Waals surface area (Å²) in [5.74, 6) is -0.364. The second kappa shape index (κ2) is 9.62. The number of benzene rings is 2. The maximum atomic E-state index is 13.0. The van der Waals surface area contributed by atoms with Gasteiger partial charge in [0.2, 0.25) is 0 Å². The van der Waals surface area contributed by atoms with Crippen molar-refractivity contribution in [2.24, 2.45) is 0 Å². The van der Waals surface area contributed by atoms with Gasteiger partial charge in [-0.3, -0.25) is 19.4 Å². The van der Waals surface area contributed by atoms with Gasteiger partial charge in [-0.1, -0.05) is 37.3 Å². The zero-order chi connectivity index (χ0) is 21.8. The number of nitrogens with zero attached hydrogens (tertiary/aromatic N) is 3. The van der Waals surface area contributed by atoms with Crippen LogP contribution in [0.15, 0.2) is 42.5 Å². The SMILES string of the molecule is CCc1ccc(CN2CCN(c3cccc4c3C(=O)N(CCCOC)C4=O)CC2)cc1. The third-order valence-electron chi connectivity index (χ3n) is 6.26. The minimum Gasteiger partial charge on any atom is -0.385 e. The normalized spacial score (nSPS) is 16.8. The molecular formula is C25H31N3O3. The highest BCUT2D eigenvalue weighted by Gasteiger charge is 2.38. The topological polar surface area (TPSA) is 53.1 Å². The molecule has 2 aliphatic rings. The largest absolute Gasteiger partial charge is 0.385 e. The Labute approximate surface area is 184 Å². The molecule has 0 N–H and O–H groups in total. The van der Waals surface area contributed by atoms with Crippen LogP contribution < -0.4 is 4.90 Å². The molecule has 0 spiro atoms. The molecule has 1 saturated heterocycles. The number of aryl methyl sites for hydroxylation is 1. The predicted octanol–water partition coefficient (Wildman–Crippen LogP) is 3.20. The molecule has 164 valence electrons. The van der Waals surface area contributed by atoms with Crippen molar-refractivity contribution in [2.45, 2.75) is 26.3 Å². The molecule has 2 aromatic carbocycles. The third kappa shape index (κ3) is 4.50. The van der Waals surface area contributed by atoms with Crippen molar-refractivity contribution < 1.29 is 14.3 Å². The number of anilines is 1. The number of rotatable bonds is 8. The summed E-state index contributed by atoms with van der Waals surface area (Å²) in [6.45, 7) is 7.58. The highest BCUT2D eigenvalue weighted by Crippen LogP contribution is 2.32. The Morgan fingerprint density at radius 3 is 2.29 bits per heavy atom. The monoisotopic (exact) mass is 421 g/mol. The molecule has 4 rings (SSSR count). The molecule has 0 radical (unpaired) electrons. The highest BCUT2D eigenvalue weighted by atomic mass is 16.5. The summed E-state index contributed by atoms with van der Waals surface area (Å²) in [7, 11) is 1.63. The van der Waals surface area contributed by atoms with E-state index in [0.717, 1.165) is 44.8 Å². The number of imide groups is 1. The molecule has 0 aliphatic carbocycles. The molecule has 2 amide bonds. The number of methoxy groups -OCH3 is 1. The number of piperazine rings is 1. The van der Waals surface area contributed by atoms with E-state index in [0.29, 0.717) is 30.7 Å². The first-order valence-corrected chi connectivity index (χ1v) is 11.2. The molecule has 0 bridgehead atoms. The molecule has 6 nitrogen and oxygen atoms in total. The van der Waals surface area contributed by atoms with Crippen LogP contribution in [0.2, 0.25) is 0 Å². The first-order chi connectivity index (χ1) is 15.1. The zero-order valence-electron chi connectivity index (χ0n) is 18.5. The van der Waals surface area contributed by atoms with Gasteiger partial charge in [-0.15, -0.1) is 0 Å². The van der Waals surface area contributed by atoms with Crippen LogP contribution in [-0.2, 0) is 17.7 Å². The number of hydrogen-bond donors (Lipinski definition) is 0. The van der Waals surface area contributed by atoms with Crippen molar-refractivity contribution in [3.63, 3.8) is 0 Å². The number of ether oxygens (including phenoxy) is 1. The van der Waals surface area contributed by atoms with E-state index >= 15 is 0 Å². The molecule has 1 fully saturated rings. The van der Waals surface area contributed by atoms with Crippen molar-refractivity contribution in [3.8, 4) is 0 Å². The van der Waals surface area contributed by atoms with Crippen LogP contribution in [0.25, 0.3) is 0 Å². The average Bonchev–Trinajstić information content (AvgIpc) is 3.05. The maximum Gasteiger partial charge on any atom is 0.263 e. The van der Waals surface area contributed by atoms with Gasteiger partial charge in [0, 0.05) is 53.0 Å². The first kappa shape index (κ1) is 21.5. The lowest BCUT2D eigenvalue weighted by atomic mass is 10.1. The van der Waals surface area contributed by atoms with Gasteiger partial charge in [0.1, 0.15) is 0 Å². The highest BCUT2D eigenvalue weighted by molar-refractivity contribution is 6.23.